The van der Waals surface area contributed by atoms with Crippen LogP contribution < -0.4 is 4.90 Å². The number of hydrogen-bond acceptors (Lipinski definition) is 3. The molecule has 1 aromatic rings. The first-order valence-corrected chi connectivity index (χ1v) is 9.57. The van der Waals surface area contributed by atoms with Crippen LogP contribution in [0.3, 0.4) is 0 Å². The molecule has 0 saturated carbocycles. The predicted octanol–water partition coefficient (Wildman–Crippen LogP) is 1.96. The van der Waals surface area contributed by atoms with Gasteiger partial charge in [0.1, 0.15) is 12.6 Å². The molecule has 0 bridgehead atoms. The lowest BCUT2D eigenvalue weighted by Gasteiger charge is -2.31. The molecule has 3 aliphatic heterocycles. The summed E-state index contributed by atoms with van der Waals surface area (Å²) in [6.07, 6.45) is 4.69. The smallest absolute Gasteiger partial charge is 0.256 e. The van der Waals surface area contributed by atoms with Crippen LogP contribution in [0.4, 0.5) is 5.69 Å². The molecule has 0 aliphatic carbocycles. The van der Waals surface area contributed by atoms with Gasteiger partial charge in [-0.3, -0.25) is 14.4 Å². The minimum absolute atomic E-state index is 0.0221. The van der Waals surface area contributed by atoms with E-state index in [0.717, 1.165) is 44.3 Å². The molecule has 26 heavy (non-hydrogen) atoms. The van der Waals surface area contributed by atoms with E-state index in [9.17, 15) is 14.4 Å². The van der Waals surface area contributed by atoms with Crippen LogP contribution in [-0.2, 0) is 9.59 Å². The summed E-state index contributed by atoms with van der Waals surface area (Å²) in [5.41, 5.74) is 2.01. The molecule has 6 nitrogen and oxygen atoms in total. The topological polar surface area (TPSA) is 60.9 Å². The Hall–Kier alpha value is -2.37. The molecule has 0 spiro atoms. The Morgan fingerprint density at radius 1 is 1.08 bits per heavy atom. The third-order valence-corrected chi connectivity index (χ3v) is 5.80. The normalized spacial score (nSPS) is 23.0. The monoisotopic (exact) mass is 355 g/mol. The first-order valence-electron chi connectivity index (χ1n) is 9.57. The average Bonchev–Trinajstić information content (AvgIpc) is 3.13. The van der Waals surface area contributed by atoms with E-state index in [1.54, 1.807) is 15.9 Å². The second-order valence-corrected chi connectivity index (χ2v) is 7.49. The Labute approximate surface area is 153 Å². The molecule has 3 heterocycles. The third kappa shape index (κ3) is 2.77. The van der Waals surface area contributed by atoms with Gasteiger partial charge in [0.2, 0.25) is 11.8 Å². The van der Waals surface area contributed by atoms with Gasteiger partial charge in [-0.25, -0.2) is 0 Å². The summed E-state index contributed by atoms with van der Waals surface area (Å²) in [6, 6.07) is 5.08. The number of piperidine rings is 1. The van der Waals surface area contributed by atoms with Gasteiger partial charge in [-0.2, -0.15) is 0 Å². The molecular weight excluding hydrogens is 330 g/mol. The fraction of sp³-hybridized carbons (Fsp3) is 0.550. The lowest BCUT2D eigenvalue weighted by atomic mass is 10.1. The zero-order valence-corrected chi connectivity index (χ0v) is 15.2. The van der Waals surface area contributed by atoms with Crippen molar-refractivity contribution < 1.29 is 14.4 Å². The number of benzene rings is 1. The molecule has 0 aromatic heterocycles. The molecule has 2 fully saturated rings. The maximum absolute atomic E-state index is 13.3. The standard InChI is InChI=1S/C20H25N3O3/c1-14-7-5-8-15-18(14)23(13-17(24)21-10-3-2-4-11-21)20(26)16-9-6-12-22(16)19(15)25/h5,7-8,16H,2-4,6,9-13H2,1H3/t16-/m0/s1. The van der Waals surface area contributed by atoms with Crippen molar-refractivity contribution in [3.8, 4) is 0 Å². The number of fused-ring (bicyclic) bond motifs is 2. The van der Waals surface area contributed by atoms with E-state index < -0.39 is 6.04 Å². The molecular formula is C20H25N3O3. The van der Waals surface area contributed by atoms with Crippen molar-refractivity contribution in [3.63, 3.8) is 0 Å². The van der Waals surface area contributed by atoms with Crippen molar-refractivity contribution in [2.75, 3.05) is 31.1 Å². The lowest BCUT2D eigenvalue weighted by Crippen LogP contribution is -2.49. The number of aryl methyl sites for hydroxylation is 1. The number of hydrogen-bond donors (Lipinski definition) is 0. The minimum Gasteiger partial charge on any atom is -0.341 e. The van der Waals surface area contributed by atoms with E-state index in [4.69, 9.17) is 0 Å². The van der Waals surface area contributed by atoms with E-state index in [-0.39, 0.29) is 24.3 Å². The zero-order chi connectivity index (χ0) is 18.3. The van der Waals surface area contributed by atoms with E-state index >= 15 is 0 Å². The fourth-order valence-electron chi connectivity index (χ4n) is 4.44. The number of para-hydroxylation sites is 1. The molecule has 0 N–H and O–H groups in total. The van der Waals surface area contributed by atoms with Crippen LogP contribution in [-0.4, -0.2) is 59.7 Å². The number of carbonyl (C=O) groups excluding carboxylic acids is 3. The summed E-state index contributed by atoms with van der Waals surface area (Å²) in [6.45, 7) is 4.05. The van der Waals surface area contributed by atoms with Crippen LogP contribution in [0.1, 0.15) is 48.0 Å². The lowest BCUT2D eigenvalue weighted by molar-refractivity contribution is -0.132. The number of carbonyl (C=O) groups is 3. The van der Waals surface area contributed by atoms with E-state index in [1.807, 2.05) is 24.0 Å². The maximum atomic E-state index is 13.3. The van der Waals surface area contributed by atoms with Crippen molar-refractivity contribution in [2.45, 2.75) is 45.1 Å². The van der Waals surface area contributed by atoms with Crippen LogP contribution in [0.15, 0.2) is 18.2 Å². The highest BCUT2D eigenvalue weighted by atomic mass is 16.2. The molecule has 6 heteroatoms. The Kier molecular flexibility index (Phi) is 4.42. The average molecular weight is 355 g/mol. The molecule has 1 aromatic carbocycles. The molecule has 1 atom stereocenters. The highest BCUT2D eigenvalue weighted by Gasteiger charge is 2.43. The van der Waals surface area contributed by atoms with Crippen molar-refractivity contribution in [1.29, 1.82) is 0 Å². The van der Waals surface area contributed by atoms with Crippen molar-refractivity contribution in [2.24, 2.45) is 0 Å². The number of likely N-dealkylation sites (tertiary alicyclic amines) is 1. The Morgan fingerprint density at radius 2 is 1.85 bits per heavy atom. The van der Waals surface area contributed by atoms with Crippen LogP contribution in [0, 0.1) is 6.92 Å². The van der Waals surface area contributed by atoms with Crippen LogP contribution in [0.25, 0.3) is 0 Å². The third-order valence-electron chi connectivity index (χ3n) is 5.80. The van der Waals surface area contributed by atoms with Crippen LogP contribution in [0.5, 0.6) is 0 Å². The van der Waals surface area contributed by atoms with E-state index in [1.165, 1.54) is 0 Å². The van der Waals surface area contributed by atoms with Crippen molar-refractivity contribution >= 4 is 23.4 Å². The molecule has 138 valence electrons. The predicted molar refractivity (Wildman–Crippen MR) is 98.0 cm³/mol. The van der Waals surface area contributed by atoms with Gasteiger partial charge in [0.15, 0.2) is 0 Å². The SMILES string of the molecule is Cc1cccc2c1N(CC(=O)N1CCCCC1)C(=O)[C@@H]1CCCN1C2=O. The molecule has 0 radical (unpaired) electrons. The van der Waals surface area contributed by atoms with Gasteiger partial charge < -0.3 is 14.7 Å². The van der Waals surface area contributed by atoms with Gasteiger partial charge in [0.05, 0.1) is 11.3 Å². The summed E-state index contributed by atoms with van der Waals surface area (Å²) in [4.78, 5) is 44.2. The summed E-state index contributed by atoms with van der Waals surface area (Å²) < 4.78 is 0. The molecule has 3 aliphatic rings. The summed E-state index contributed by atoms with van der Waals surface area (Å²) >= 11 is 0. The van der Waals surface area contributed by atoms with Crippen molar-refractivity contribution in [1.82, 2.24) is 9.80 Å². The summed E-state index contributed by atoms with van der Waals surface area (Å²) in [5, 5.41) is 0. The number of amides is 3. The zero-order valence-electron chi connectivity index (χ0n) is 15.2. The second kappa shape index (κ2) is 6.74. The maximum Gasteiger partial charge on any atom is 0.256 e. The second-order valence-electron chi connectivity index (χ2n) is 7.49. The van der Waals surface area contributed by atoms with E-state index in [0.29, 0.717) is 24.2 Å². The van der Waals surface area contributed by atoms with E-state index in [2.05, 4.69) is 0 Å². The first kappa shape index (κ1) is 17.1. The van der Waals surface area contributed by atoms with Gasteiger partial charge in [-0.15, -0.1) is 0 Å². The number of anilines is 1. The minimum atomic E-state index is -0.441. The number of nitrogens with zero attached hydrogens (tertiary/aromatic N) is 3. The Bertz CT molecular complexity index is 755. The molecule has 3 amide bonds. The molecule has 0 unspecified atom stereocenters. The molecule has 2 saturated heterocycles. The molecule has 4 rings (SSSR count). The van der Waals surface area contributed by atoms with Gasteiger partial charge in [0, 0.05) is 19.6 Å². The van der Waals surface area contributed by atoms with Gasteiger partial charge in [-0.05, 0) is 50.7 Å². The fourth-order valence-corrected chi connectivity index (χ4v) is 4.44. The Balaban J connectivity index is 1.71. The highest BCUT2D eigenvalue weighted by molar-refractivity contribution is 6.13. The van der Waals surface area contributed by atoms with Crippen LogP contribution >= 0.6 is 0 Å². The van der Waals surface area contributed by atoms with Gasteiger partial charge >= 0.3 is 0 Å². The van der Waals surface area contributed by atoms with Crippen LogP contribution in [0.2, 0.25) is 0 Å². The highest BCUT2D eigenvalue weighted by Crippen LogP contribution is 2.34. The largest absolute Gasteiger partial charge is 0.341 e. The Morgan fingerprint density at radius 3 is 2.62 bits per heavy atom. The van der Waals surface area contributed by atoms with Gasteiger partial charge in [0.25, 0.3) is 5.91 Å². The van der Waals surface area contributed by atoms with Crippen molar-refractivity contribution in [3.05, 3.63) is 29.3 Å². The number of rotatable bonds is 2. The summed E-state index contributed by atoms with van der Waals surface area (Å²) in [7, 11) is 0. The van der Waals surface area contributed by atoms with Gasteiger partial charge in [-0.1, -0.05) is 12.1 Å². The quantitative estimate of drug-likeness (QED) is 0.815. The summed E-state index contributed by atoms with van der Waals surface area (Å²) in [5.74, 6) is -0.229. The first-order chi connectivity index (χ1) is 12.6.